The van der Waals surface area contributed by atoms with Gasteiger partial charge >= 0.3 is 6.03 Å². The van der Waals surface area contributed by atoms with Crippen LogP contribution in [0.4, 0.5) is 4.79 Å². The number of carbonyl (C=O) groups excluding carboxylic acids is 2. The molecule has 1 aliphatic rings. The van der Waals surface area contributed by atoms with Crippen LogP contribution >= 0.6 is 15.9 Å². The molecule has 28 heavy (non-hydrogen) atoms. The Morgan fingerprint density at radius 2 is 1.79 bits per heavy atom. The van der Waals surface area contributed by atoms with E-state index in [-0.39, 0.29) is 18.5 Å². The first-order chi connectivity index (χ1) is 13.4. The fourth-order valence-corrected chi connectivity index (χ4v) is 3.96. The number of urea groups is 1. The molecule has 0 bridgehead atoms. The summed E-state index contributed by atoms with van der Waals surface area (Å²) in [6.45, 7) is 1.98. The second-order valence-electron chi connectivity index (χ2n) is 7.00. The van der Waals surface area contributed by atoms with Crippen molar-refractivity contribution in [3.8, 4) is 5.75 Å². The van der Waals surface area contributed by atoms with Gasteiger partial charge in [-0.1, -0.05) is 46.3 Å². The summed E-state index contributed by atoms with van der Waals surface area (Å²) in [6.07, 6.45) is 0. The van der Waals surface area contributed by atoms with Gasteiger partial charge in [-0.05, 0) is 59.2 Å². The molecule has 1 saturated heterocycles. The molecule has 0 spiro atoms. The highest BCUT2D eigenvalue weighted by Crippen LogP contribution is 2.32. The lowest BCUT2D eigenvalue weighted by Gasteiger charge is -2.23. The highest BCUT2D eigenvalue weighted by molar-refractivity contribution is 9.10. The SMILES string of the molecule is COc1ccc2cc([C@@]3(C)NC(=O)N(Cc4cccc(Br)c4)C3=O)ccc2c1. The van der Waals surface area contributed by atoms with Crippen LogP contribution in [-0.4, -0.2) is 23.9 Å². The summed E-state index contributed by atoms with van der Waals surface area (Å²) in [5.41, 5.74) is 0.532. The van der Waals surface area contributed by atoms with E-state index in [0.717, 1.165) is 32.1 Å². The first-order valence-electron chi connectivity index (χ1n) is 8.87. The summed E-state index contributed by atoms with van der Waals surface area (Å²) in [6, 6.07) is 18.7. The molecule has 3 amide bonds. The lowest BCUT2D eigenvalue weighted by atomic mass is 9.90. The highest BCUT2D eigenvalue weighted by Gasteiger charge is 2.48. The third-order valence-electron chi connectivity index (χ3n) is 5.13. The molecule has 4 rings (SSSR count). The summed E-state index contributed by atoms with van der Waals surface area (Å²) < 4.78 is 6.17. The van der Waals surface area contributed by atoms with Gasteiger partial charge in [0.25, 0.3) is 5.91 Å². The molecule has 3 aromatic rings. The number of imide groups is 1. The third kappa shape index (κ3) is 3.14. The van der Waals surface area contributed by atoms with Gasteiger partial charge in [-0.15, -0.1) is 0 Å². The van der Waals surface area contributed by atoms with E-state index < -0.39 is 5.54 Å². The first kappa shape index (κ1) is 18.5. The van der Waals surface area contributed by atoms with Gasteiger partial charge in [-0.3, -0.25) is 9.69 Å². The number of fused-ring (bicyclic) bond motifs is 1. The van der Waals surface area contributed by atoms with Crippen molar-refractivity contribution in [2.75, 3.05) is 7.11 Å². The van der Waals surface area contributed by atoms with Crippen molar-refractivity contribution in [3.63, 3.8) is 0 Å². The normalized spacial score (nSPS) is 19.2. The molecule has 5 nitrogen and oxygen atoms in total. The number of ether oxygens (including phenoxy) is 1. The number of benzene rings is 3. The molecule has 1 N–H and O–H groups in total. The zero-order valence-electron chi connectivity index (χ0n) is 15.5. The number of nitrogens with one attached hydrogen (secondary N) is 1. The van der Waals surface area contributed by atoms with E-state index in [9.17, 15) is 9.59 Å². The van der Waals surface area contributed by atoms with Crippen LogP contribution in [0.25, 0.3) is 10.8 Å². The van der Waals surface area contributed by atoms with Crippen LogP contribution in [0.1, 0.15) is 18.1 Å². The molecule has 6 heteroatoms. The minimum Gasteiger partial charge on any atom is -0.497 e. The molecule has 142 valence electrons. The zero-order chi connectivity index (χ0) is 19.9. The van der Waals surface area contributed by atoms with Crippen molar-refractivity contribution >= 4 is 38.6 Å². The maximum absolute atomic E-state index is 13.2. The van der Waals surface area contributed by atoms with E-state index in [2.05, 4.69) is 21.2 Å². The van der Waals surface area contributed by atoms with Crippen molar-refractivity contribution < 1.29 is 14.3 Å². The molecular weight excluding hydrogens is 420 g/mol. The van der Waals surface area contributed by atoms with E-state index >= 15 is 0 Å². The Bertz CT molecular complexity index is 1100. The van der Waals surface area contributed by atoms with Crippen LogP contribution in [0.5, 0.6) is 5.75 Å². The molecule has 1 fully saturated rings. The molecule has 1 heterocycles. The second-order valence-corrected chi connectivity index (χ2v) is 7.92. The molecule has 1 aliphatic heterocycles. The third-order valence-corrected chi connectivity index (χ3v) is 5.62. The topological polar surface area (TPSA) is 58.6 Å². The standard InChI is InChI=1S/C22H19BrN2O3/c1-22(17-8-6-16-12-19(28-2)9-7-15(16)11-17)20(26)25(21(27)24-22)13-14-4-3-5-18(23)10-14/h3-12H,13H2,1-2H3,(H,24,27)/t22-/m1/s1. The minimum absolute atomic E-state index is 0.227. The average Bonchev–Trinajstić information content (AvgIpc) is 2.91. The molecule has 0 saturated carbocycles. The van der Waals surface area contributed by atoms with Gasteiger partial charge in [-0.2, -0.15) is 0 Å². The number of hydrogen-bond donors (Lipinski definition) is 1. The molecule has 1 atom stereocenters. The first-order valence-corrected chi connectivity index (χ1v) is 9.67. The fourth-order valence-electron chi connectivity index (χ4n) is 3.52. The van der Waals surface area contributed by atoms with Gasteiger partial charge in [0, 0.05) is 4.47 Å². The number of nitrogens with zero attached hydrogens (tertiary/aromatic N) is 1. The lowest BCUT2D eigenvalue weighted by Crippen LogP contribution is -2.40. The van der Waals surface area contributed by atoms with Gasteiger partial charge in [0.1, 0.15) is 11.3 Å². The summed E-state index contributed by atoms with van der Waals surface area (Å²) in [4.78, 5) is 27.0. The van der Waals surface area contributed by atoms with Crippen LogP contribution in [0.3, 0.4) is 0 Å². The Morgan fingerprint density at radius 1 is 1.04 bits per heavy atom. The van der Waals surface area contributed by atoms with E-state index in [1.54, 1.807) is 14.0 Å². The van der Waals surface area contributed by atoms with Crippen LogP contribution in [0.15, 0.2) is 65.1 Å². The van der Waals surface area contributed by atoms with Crippen LogP contribution in [-0.2, 0) is 16.9 Å². The summed E-state index contributed by atoms with van der Waals surface area (Å²) >= 11 is 3.42. The Balaban J connectivity index is 1.66. The van der Waals surface area contributed by atoms with Gasteiger partial charge in [0.2, 0.25) is 0 Å². The van der Waals surface area contributed by atoms with Crippen molar-refractivity contribution in [1.29, 1.82) is 0 Å². The molecule has 0 unspecified atom stereocenters. The number of rotatable bonds is 4. The Hall–Kier alpha value is -2.86. The van der Waals surface area contributed by atoms with Crippen LogP contribution < -0.4 is 10.1 Å². The minimum atomic E-state index is -1.10. The van der Waals surface area contributed by atoms with Crippen molar-refractivity contribution in [1.82, 2.24) is 10.2 Å². The fraction of sp³-hybridized carbons (Fsp3) is 0.182. The average molecular weight is 439 g/mol. The molecular formula is C22H19BrN2O3. The lowest BCUT2D eigenvalue weighted by molar-refractivity contribution is -0.131. The van der Waals surface area contributed by atoms with Crippen LogP contribution in [0.2, 0.25) is 0 Å². The van der Waals surface area contributed by atoms with Gasteiger partial charge in [-0.25, -0.2) is 4.79 Å². The van der Waals surface area contributed by atoms with E-state index in [1.807, 2.05) is 60.7 Å². The Morgan fingerprint density at radius 3 is 2.54 bits per heavy atom. The van der Waals surface area contributed by atoms with E-state index in [1.165, 1.54) is 4.90 Å². The summed E-state index contributed by atoms with van der Waals surface area (Å²) in [7, 11) is 1.63. The predicted molar refractivity (Wildman–Crippen MR) is 111 cm³/mol. The van der Waals surface area contributed by atoms with E-state index in [4.69, 9.17) is 4.74 Å². The Labute approximate surface area is 171 Å². The Kier molecular flexibility index (Phi) is 4.59. The van der Waals surface area contributed by atoms with Gasteiger partial charge in [0.05, 0.1) is 13.7 Å². The molecule has 0 radical (unpaired) electrons. The van der Waals surface area contributed by atoms with Crippen molar-refractivity contribution in [3.05, 3.63) is 76.3 Å². The summed E-state index contributed by atoms with van der Waals surface area (Å²) in [5, 5.41) is 4.86. The molecule has 0 aliphatic carbocycles. The van der Waals surface area contributed by atoms with E-state index in [0.29, 0.717) is 0 Å². The number of carbonyl (C=O) groups is 2. The van der Waals surface area contributed by atoms with Crippen molar-refractivity contribution in [2.24, 2.45) is 0 Å². The molecule has 0 aromatic heterocycles. The van der Waals surface area contributed by atoms with Crippen LogP contribution in [0, 0.1) is 0 Å². The monoisotopic (exact) mass is 438 g/mol. The number of amides is 3. The van der Waals surface area contributed by atoms with Crippen molar-refractivity contribution in [2.45, 2.75) is 19.0 Å². The number of halogens is 1. The summed E-state index contributed by atoms with van der Waals surface area (Å²) in [5.74, 6) is 0.516. The largest absolute Gasteiger partial charge is 0.497 e. The zero-order valence-corrected chi connectivity index (χ0v) is 17.1. The maximum Gasteiger partial charge on any atom is 0.325 e. The molecule has 3 aromatic carbocycles. The smallest absolute Gasteiger partial charge is 0.325 e. The van der Waals surface area contributed by atoms with Gasteiger partial charge < -0.3 is 10.1 Å². The number of hydrogen-bond acceptors (Lipinski definition) is 3. The maximum atomic E-state index is 13.2. The van der Waals surface area contributed by atoms with Gasteiger partial charge in [0.15, 0.2) is 0 Å². The number of methoxy groups -OCH3 is 1. The second kappa shape index (κ2) is 6.95. The quantitative estimate of drug-likeness (QED) is 0.606. The highest BCUT2D eigenvalue weighted by atomic mass is 79.9. The predicted octanol–water partition coefficient (Wildman–Crippen LogP) is 4.58.